The standard InChI is InChI=1S/C22H14ClN3O2/c23-15-10-8-14(9-11-15)20-13-25(16-4-3-5-17(27)12-16)22-24-19-7-2-1-6-18(19)21(28)26(20)22/h1-13,27H. The van der Waals surface area contributed by atoms with Gasteiger partial charge in [0.2, 0.25) is 5.78 Å². The molecule has 5 nitrogen and oxygen atoms in total. The minimum absolute atomic E-state index is 0.139. The van der Waals surface area contributed by atoms with Crippen molar-refractivity contribution < 1.29 is 5.11 Å². The van der Waals surface area contributed by atoms with E-state index in [1.54, 1.807) is 45.4 Å². The molecule has 0 aliphatic rings. The number of hydrogen-bond donors (Lipinski definition) is 1. The molecule has 2 heterocycles. The van der Waals surface area contributed by atoms with E-state index >= 15 is 0 Å². The number of rotatable bonds is 2. The number of hydrogen-bond acceptors (Lipinski definition) is 3. The van der Waals surface area contributed by atoms with Gasteiger partial charge in [-0.15, -0.1) is 0 Å². The van der Waals surface area contributed by atoms with Crippen LogP contribution in [0.3, 0.4) is 0 Å². The maximum absolute atomic E-state index is 13.3. The number of aromatic nitrogens is 3. The van der Waals surface area contributed by atoms with Crippen LogP contribution >= 0.6 is 11.6 Å². The molecule has 0 radical (unpaired) electrons. The molecule has 3 aromatic carbocycles. The highest BCUT2D eigenvalue weighted by Gasteiger charge is 2.17. The summed E-state index contributed by atoms with van der Waals surface area (Å²) in [7, 11) is 0. The quantitative estimate of drug-likeness (QED) is 0.479. The minimum atomic E-state index is -0.149. The van der Waals surface area contributed by atoms with Gasteiger partial charge >= 0.3 is 0 Å². The highest BCUT2D eigenvalue weighted by atomic mass is 35.5. The Morgan fingerprint density at radius 3 is 2.50 bits per heavy atom. The molecule has 0 atom stereocenters. The second-order valence-corrected chi connectivity index (χ2v) is 6.92. The van der Waals surface area contributed by atoms with Crippen LogP contribution in [0, 0.1) is 0 Å². The summed E-state index contributed by atoms with van der Waals surface area (Å²) < 4.78 is 3.40. The zero-order valence-electron chi connectivity index (χ0n) is 14.6. The van der Waals surface area contributed by atoms with Gasteiger partial charge < -0.3 is 5.11 Å². The van der Waals surface area contributed by atoms with E-state index in [0.717, 1.165) is 5.56 Å². The molecule has 1 N–H and O–H groups in total. The molecule has 2 aromatic heterocycles. The zero-order chi connectivity index (χ0) is 19.3. The summed E-state index contributed by atoms with van der Waals surface area (Å²) in [5.74, 6) is 0.611. The molecule has 0 fully saturated rings. The summed E-state index contributed by atoms with van der Waals surface area (Å²) in [6, 6.07) is 21.4. The lowest BCUT2D eigenvalue weighted by atomic mass is 10.1. The number of para-hydroxylation sites is 1. The Bertz CT molecular complexity index is 1400. The summed E-state index contributed by atoms with van der Waals surface area (Å²) >= 11 is 6.03. The largest absolute Gasteiger partial charge is 0.508 e. The van der Waals surface area contributed by atoms with E-state index in [9.17, 15) is 9.90 Å². The number of aromatic hydroxyl groups is 1. The molecule has 0 saturated carbocycles. The lowest BCUT2D eigenvalue weighted by Crippen LogP contribution is -2.16. The van der Waals surface area contributed by atoms with E-state index in [2.05, 4.69) is 0 Å². The van der Waals surface area contributed by atoms with Gasteiger partial charge in [0, 0.05) is 22.8 Å². The van der Waals surface area contributed by atoms with Crippen LogP contribution in [-0.2, 0) is 0 Å². The fourth-order valence-electron chi connectivity index (χ4n) is 3.39. The highest BCUT2D eigenvalue weighted by molar-refractivity contribution is 6.30. The van der Waals surface area contributed by atoms with Crippen LogP contribution in [0.1, 0.15) is 0 Å². The summed E-state index contributed by atoms with van der Waals surface area (Å²) in [6.07, 6.45) is 1.85. The molecule has 0 spiro atoms. The lowest BCUT2D eigenvalue weighted by Gasteiger charge is -2.06. The molecule has 0 aliphatic carbocycles. The van der Waals surface area contributed by atoms with Crippen LogP contribution in [0.5, 0.6) is 5.75 Å². The second-order valence-electron chi connectivity index (χ2n) is 6.48. The first-order valence-corrected chi connectivity index (χ1v) is 9.08. The van der Waals surface area contributed by atoms with Gasteiger partial charge in [-0.05, 0) is 36.4 Å². The predicted octanol–water partition coefficient (Wildman–Crippen LogP) is 4.66. The molecule has 5 aromatic rings. The Morgan fingerprint density at radius 1 is 0.929 bits per heavy atom. The van der Waals surface area contributed by atoms with Crippen LogP contribution in [0.15, 0.2) is 83.8 Å². The van der Waals surface area contributed by atoms with Crippen LogP contribution in [-0.4, -0.2) is 19.1 Å². The van der Waals surface area contributed by atoms with E-state index in [0.29, 0.717) is 33.1 Å². The van der Waals surface area contributed by atoms with Gasteiger partial charge in [0.05, 0.1) is 22.3 Å². The van der Waals surface area contributed by atoms with Crippen molar-refractivity contribution in [3.63, 3.8) is 0 Å². The third-order valence-electron chi connectivity index (χ3n) is 4.71. The number of imidazole rings is 1. The maximum atomic E-state index is 13.3. The van der Waals surface area contributed by atoms with E-state index < -0.39 is 0 Å². The number of benzene rings is 3. The first-order valence-electron chi connectivity index (χ1n) is 8.70. The van der Waals surface area contributed by atoms with Crippen molar-refractivity contribution in [3.8, 4) is 22.7 Å². The molecular formula is C22H14ClN3O2. The highest BCUT2D eigenvalue weighted by Crippen LogP contribution is 2.27. The van der Waals surface area contributed by atoms with E-state index in [4.69, 9.17) is 16.6 Å². The van der Waals surface area contributed by atoms with Crippen LogP contribution in [0.2, 0.25) is 5.02 Å². The average Bonchev–Trinajstić information content (AvgIpc) is 3.08. The number of phenolic OH excluding ortho intramolecular Hbond substituents is 1. The molecular weight excluding hydrogens is 374 g/mol. The normalized spacial score (nSPS) is 11.3. The number of halogens is 1. The second kappa shape index (κ2) is 6.25. The summed E-state index contributed by atoms with van der Waals surface area (Å²) in [5.41, 5.74) is 2.71. The Hall–Kier alpha value is -3.57. The third-order valence-corrected chi connectivity index (χ3v) is 4.97. The molecule has 136 valence electrons. The zero-order valence-corrected chi connectivity index (χ0v) is 15.3. The van der Waals surface area contributed by atoms with Crippen molar-refractivity contribution in [2.75, 3.05) is 0 Å². The van der Waals surface area contributed by atoms with Crippen molar-refractivity contribution in [3.05, 3.63) is 94.4 Å². The first-order chi connectivity index (χ1) is 13.6. The molecule has 28 heavy (non-hydrogen) atoms. The minimum Gasteiger partial charge on any atom is -0.508 e. The van der Waals surface area contributed by atoms with Gasteiger partial charge in [-0.3, -0.25) is 9.36 Å². The number of nitrogens with zero attached hydrogens (tertiary/aromatic N) is 3. The van der Waals surface area contributed by atoms with Crippen molar-refractivity contribution >= 4 is 28.3 Å². The van der Waals surface area contributed by atoms with E-state index in [1.165, 1.54) is 0 Å². The molecule has 0 saturated heterocycles. The summed E-state index contributed by atoms with van der Waals surface area (Å²) in [5, 5.41) is 11.1. The van der Waals surface area contributed by atoms with Gasteiger partial charge in [0.15, 0.2) is 0 Å². The number of phenols is 1. The smallest absolute Gasteiger partial charge is 0.267 e. The van der Waals surface area contributed by atoms with Crippen molar-refractivity contribution in [1.82, 2.24) is 14.0 Å². The Morgan fingerprint density at radius 2 is 1.71 bits per heavy atom. The fourth-order valence-corrected chi connectivity index (χ4v) is 3.52. The number of fused-ring (bicyclic) bond motifs is 2. The Kier molecular flexibility index (Phi) is 3.70. The maximum Gasteiger partial charge on any atom is 0.267 e. The molecule has 6 heteroatoms. The van der Waals surface area contributed by atoms with Crippen LogP contribution in [0.4, 0.5) is 0 Å². The summed E-state index contributed by atoms with van der Waals surface area (Å²) in [6.45, 7) is 0. The molecule has 0 unspecified atom stereocenters. The van der Waals surface area contributed by atoms with Gasteiger partial charge in [-0.1, -0.05) is 41.9 Å². The SMILES string of the molecule is O=c1c2ccccc2nc2n(-c3cccc(O)c3)cc(-c3ccc(Cl)cc3)n12. The lowest BCUT2D eigenvalue weighted by molar-refractivity contribution is 0.475. The monoisotopic (exact) mass is 387 g/mol. The van der Waals surface area contributed by atoms with Gasteiger partial charge in [-0.2, -0.15) is 0 Å². The first kappa shape index (κ1) is 16.6. The Balaban J connectivity index is 1.93. The van der Waals surface area contributed by atoms with Crippen molar-refractivity contribution in [1.29, 1.82) is 0 Å². The topological polar surface area (TPSA) is 59.5 Å². The van der Waals surface area contributed by atoms with Crippen molar-refractivity contribution in [2.45, 2.75) is 0 Å². The molecule has 0 aliphatic heterocycles. The van der Waals surface area contributed by atoms with Crippen molar-refractivity contribution in [2.24, 2.45) is 0 Å². The van der Waals surface area contributed by atoms with E-state index in [-0.39, 0.29) is 11.3 Å². The summed E-state index contributed by atoms with van der Waals surface area (Å²) in [4.78, 5) is 18.0. The van der Waals surface area contributed by atoms with E-state index in [1.807, 2.05) is 42.6 Å². The third kappa shape index (κ3) is 2.56. The van der Waals surface area contributed by atoms with Gasteiger partial charge in [-0.25, -0.2) is 9.38 Å². The van der Waals surface area contributed by atoms with Gasteiger partial charge in [0.25, 0.3) is 5.56 Å². The predicted molar refractivity (Wildman–Crippen MR) is 110 cm³/mol. The molecule has 0 bridgehead atoms. The van der Waals surface area contributed by atoms with Crippen LogP contribution in [0.25, 0.3) is 33.6 Å². The average molecular weight is 388 g/mol. The van der Waals surface area contributed by atoms with Gasteiger partial charge in [0.1, 0.15) is 5.75 Å². The molecule has 0 amide bonds. The fraction of sp³-hybridized carbons (Fsp3) is 0. The molecule has 5 rings (SSSR count). The Labute approximate surface area is 164 Å². The van der Waals surface area contributed by atoms with Crippen LogP contribution < -0.4 is 5.56 Å².